The van der Waals surface area contributed by atoms with Gasteiger partial charge in [-0.3, -0.25) is 0 Å². The molecular weight excluding hydrogens is 216 g/mol. The first kappa shape index (κ1) is 13.5. The van der Waals surface area contributed by atoms with Crippen molar-refractivity contribution in [3.8, 4) is 5.75 Å². The zero-order valence-corrected chi connectivity index (χ0v) is 10.3. The zero-order chi connectivity index (χ0) is 12.7. The molecule has 17 heavy (non-hydrogen) atoms. The van der Waals surface area contributed by atoms with E-state index in [4.69, 9.17) is 9.47 Å². The molecule has 0 fully saturated rings. The summed E-state index contributed by atoms with van der Waals surface area (Å²) in [5.41, 5.74) is 1.01. The predicted molar refractivity (Wildman–Crippen MR) is 67.2 cm³/mol. The minimum atomic E-state index is -0.415. The fraction of sp³-hybridized carbons (Fsp3) is 0.357. The SMILES string of the molecule is C=CC[C@H](O[C@H](C)C=O)c1ccc(OC)cc1. The Hall–Kier alpha value is -1.61. The van der Waals surface area contributed by atoms with Crippen molar-refractivity contribution < 1.29 is 14.3 Å². The molecule has 0 N–H and O–H groups in total. The van der Waals surface area contributed by atoms with Gasteiger partial charge in [0.05, 0.1) is 13.2 Å². The Morgan fingerprint density at radius 2 is 2.00 bits per heavy atom. The van der Waals surface area contributed by atoms with Gasteiger partial charge in [-0.05, 0) is 31.0 Å². The number of carbonyl (C=O) groups is 1. The minimum Gasteiger partial charge on any atom is -0.497 e. The molecule has 3 nitrogen and oxygen atoms in total. The normalized spacial score (nSPS) is 13.8. The Morgan fingerprint density at radius 3 is 2.47 bits per heavy atom. The van der Waals surface area contributed by atoms with Gasteiger partial charge in [0.15, 0.2) is 0 Å². The molecule has 0 spiro atoms. The third kappa shape index (κ3) is 4.04. The molecule has 0 heterocycles. The molecule has 0 aliphatic carbocycles. The maximum absolute atomic E-state index is 10.6. The van der Waals surface area contributed by atoms with Crippen LogP contribution < -0.4 is 4.74 Å². The van der Waals surface area contributed by atoms with Gasteiger partial charge in [-0.2, -0.15) is 0 Å². The summed E-state index contributed by atoms with van der Waals surface area (Å²) in [4.78, 5) is 10.6. The van der Waals surface area contributed by atoms with E-state index in [2.05, 4.69) is 6.58 Å². The van der Waals surface area contributed by atoms with Crippen LogP contribution >= 0.6 is 0 Å². The van der Waals surface area contributed by atoms with Gasteiger partial charge in [0, 0.05) is 0 Å². The highest BCUT2D eigenvalue weighted by Crippen LogP contribution is 2.24. The largest absolute Gasteiger partial charge is 0.497 e. The average Bonchev–Trinajstić information content (AvgIpc) is 2.38. The summed E-state index contributed by atoms with van der Waals surface area (Å²) in [5, 5.41) is 0. The Morgan fingerprint density at radius 1 is 1.35 bits per heavy atom. The van der Waals surface area contributed by atoms with Crippen molar-refractivity contribution in [1.82, 2.24) is 0 Å². The van der Waals surface area contributed by atoms with E-state index < -0.39 is 6.10 Å². The van der Waals surface area contributed by atoms with E-state index in [0.717, 1.165) is 17.6 Å². The van der Waals surface area contributed by atoms with Crippen LogP contribution in [0.5, 0.6) is 5.75 Å². The van der Waals surface area contributed by atoms with Crippen molar-refractivity contribution in [3.05, 3.63) is 42.5 Å². The number of benzene rings is 1. The highest BCUT2D eigenvalue weighted by atomic mass is 16.5. The van der Waals surface area contributed by atoms with Gasteiger partial charge in [0.1, 0.15) is 18.1 Å². The van der Waals surface area contributed by atoms with Crippen LogP contribution in [0.4, 0.5) is 0 Å². The molecule has 0 aliphatic rings. The van der Waals surface area contributed by atoms with Gasteiger partial charge >= 0.3 is 0 Å². The van der Waals surface area contributed by atoms with E-state index in [9.17, 15) is 4.79 Å². The molecular formula is C14H18O3. The van der Waals surface area contributed by atoms with Crippen LogP contribution in [0.25, 0.3) is 0 Å². The molecule has 1 rings (SSSR count). The summed E-state index contributed by atoms with van der Waals surface area (Å²) < 4.78 is 10.7. The molecule has 0 radical (unpaired) electrons. The van der Waals surface area contributed by atoms with Crippen LogP contribution in [0, 0.1) is 0 Å². The Balaban J connectivity index is 2.80. The number of hydrogen-bond donors (Lipinski definition) is 0. The fourth-order valence-corrected chi connectivity index (χ4v) is 1.53. The van der Waals surface area contributed by atoms with Gasteiger partial charge < -0.3 is 14.3 Å². The first-order valence-electron chi connectivity index (χ1n) is 5.56. The number of methoxy groups -OCH3 is 1. The molecule has 0 unspecified atom stereocenters. The molecule has 0 saturated carbocycles. The van der Waals surface area contributed by atoms with Crippen LogP contribution in [0.15, 0.2) is 36.9 Å². The molecule has 0 aromatic heterocycles. The van der Waals surface area contributed by atoms with E-state index in [0.29, 0.717) is 6.42 Å². The van der Waals surface area contributed by atoms with Crippen molar-refractivity contribution in [2.75, 3.05) is 7.11 Å². The van der Waals surface area contributed by atoms with Crippen LogP contribution in [0.2, 0.25) is 0 Å². The molecule has 1 aromatic carbocycles. The van der Waals surface area contributed by atoms with Gasteiger partial charge in [0.2, 0.25) is 0 Å². The second-order valence-corrected chi connectivity index (χ2v) is 3.76. The number of carbonyl (C=O) groups excluding carboxylic acids is 1. The number of ether oxygens (including phenoxy) is 2. The number of aldehydes is 1. The topological polar surface area (TPSA) is 35.5 Å². The summed E-state index contributed by atoms with van der Waals surface area (Å²) in [6.07, 6.45) is 2.69. The van der Waals surface area contributed by atoms with Crippen molar-refractivity contribution in [2.45, 2.75) is 25.6 Å². The van der Waals surface area contributed by atoms with E-state index in [1.165, 1.54) is 0 Å². The van der Waals surface area contributed by atoms with Crippen LogP contribution in [-0.2, 0) is 9.53 Å². The maximum Gasteiger partial charge on any atom is 0.148 e. The quantitative estimate of drug-likeness (QED) is 0.537. The fourth-order valence-electron chi connectivity index (χ4n) is 1.53. The van der Waals surface area contributed by atoms with Crippen molar-refractivity contribution >= 4 is 6.29 Å². The van der Waals surface area contributed by atoms with Crippen LogP contribution in [0.1, 0.15) is 25.0 Å². The first-order valence-corrected chi connectivity index (χ1v) is 5.56. The second kappa shape index (κ2) is 6.86. The third-order valence-corrected chi connectivity index (χ3v) is 2.44. The Bertz CT molecular complexity index is 356. The minimum absolute atomic E-state index is 0.140. The standard InChI is InChI=1S/C14H18O3/c1-4-5-14(17-11(2)10-15)12-6-8-13(16-3)9-7-12/h4,6-11,14H,1,5H2,2-3H3/t11-,14+/m1/s1. The third-order valence-electron chi connectivity index (χ3n) is 2.44. The molecule has 0 bridgehead atoms. The lowest BCUT2D eigenvalue weighted by molar-refractivity contribution is -0.120. The lowest BCUT2D eigenvalue weighted by atomic mass is 10.1. The molecule has 2 atom stereocenters. The van der Waals surface area contributed by atoms with Gasteiger partial charge in [-0.25, -0.2) is 0 Å². The van der Waals surface area contributed by atoms with Crippen LogP contribution in [0.3, 0.4) is 0 Å². The summed E-state index contributed by atoms with van der Waals surface area (Å²) in [7, 11) is 1.63. The first-order chi connectivity index (χ1) is 8.21. The van der Waals surface area contributed by atoms with Crippen molar-refractivity contribution in [1.29, 1.82) is 0 Å². The lowest BCUT2D eigenvalue weighted by Gasteiger charge is -2.19. The summed E-state index contributed by atoms with van der Waals surface area (Å²) in [5.74, 6) is 0.800. The van der Waals surface area contributed by atoms with Crippen molar-refractivity contribution in [2.24, 2.45) is 0 Å². The lowest BCUT2D eigenvalue weighted by Crippen LogP contribution is -2.14. The molecule has 0 saturated heterocycles. The molecule has 3 heteroatoms. The van der Waals surface area contributed by atoms with E-state index in [1.54, 1.807) is 20.1 Å². The summed E-state index contributed by atoms with van der Waals surface area (Å²) >= 11 is 0. The smallest absolute Gasteiger partial charge is 0.148 e. The van der Waals surface area contributed by atoms with E-state index in [-0.39, 0.29) is 6.10 Å². The number of hydrogen-bond acceptors (Lipinski definition) is 3. The average molecular weight is 234 g/mol. The molecule has 92 valence electrons. The van der Waals surface area contributed by atoms with Gasteiger partial charge in [0.25, 0.3) is 0 Å². The maximum atomic E-state index is 10.6. The van der Waals surface area contributed by atoms with E-state index >= 15 is 0 Å². The molecule has 0 amide bonds. The second-order valence-electron chi connectivity index (χ2n) is 3.76. The number of rotatable bonds is 7. The Labute approximate surface area is 102 Å². The predicted octanol–water partition coefficient (Wildman–Crippen LogP) is 2.92. The monoisotopic (exact) mass is 234 g/mol. The summed E-state index contributed by atoms with van der Waals surface area (Å²) in [6, 6.07) is 7.62. The highest BCUT2D eigenvalue weighted by Gasteiger charge is 2.13. The highest BCUT2D eigenvalue weighted by molar-refractivity contribution is 5.55. The van der Waals surface area contributed by atoms with E-state index in [1.807, 2.05) is 24.3 Å². The van der Waals surface area contributed by atoms with Gasteiger partial charge in [-0.15, -0.1) is 6.58 Å². The Kier molecular flexibility index (Phi) is 5.43. The zero-order valence-electron chi connectivity index (χ0n) is 10.3. The van der Waals surface area contributed by atoms with Crippen LogP contribution in [-0.4, -0.2) is 19.5 Å². The van der Waals surface area contributed by atoms with Crippen molar-refractivity contribution in [3.63, 3.8) is 0 Å². The summed E-state index contributed by atoms with van der Waals surface area (Å²) in [6.45, 7) is 5.43. The van der Waals surface area contributed by atoms with Gasteiger partial charge in [-0.1, -0.05) is 18.2 Å². The molecule has 1 aromatic rings. The molecule has 0 aliphatic heterocycles.